The standard InChI is InChI=1S/C15H19N3O/c1-11(14(19)17-2)18-13-8-15(9-13,10-16)12-6-4-3-5-7-12/h3-7,11,13,18H,8-9H2,1-2H3,(H,17,19). The number of rotatable bonds is 4. The van der Waals surface area contributed by atoms with Crippen LogP contribution in [0.1, 0.15) is 25.3 Å². The van der Waals surface area contributed by atoms with Gasteiger partial charge in [0.05, 0.1) is 17.5 Å². The van der Waals surface area contributed by atoms with Gasteiger partial charge in [-0.05, 0) is 25.3 Å². The summed E-state index contributed by atoms with van der Waals surface area (Å²) in [5.41, 5.74) is 0.685. The molecule has 2 rings (SSSR count). The third-order valence-corrected chi connectivity index (χ3v) is 3.86. The highest BCUT2D eigenvalue weighted by Gasteiger charge is 2.46. The molecule has 0 spiro atoms. The maximum Gasteiger partial charge on any atom is 0.236 e. The van der Waals surface area contributed by atoms with E-state index in [0.29, 0.717) is 0 Å². The zero-order valence-corrected chi connectivity index (χ0v) is 11.3. The zero-order chi connectivity index (χ0) is 13.9. The van der Waals surface area contributed by atoms with Crippen LogP contribution in [-0.2, 0) is 10.2 Å². The summed E-state index contributed by atoms with van der Waals surface area (Å²) in [6.45, 7) is 1.84. The van der Waals surface area contributed by atoms with E-state index in [1.165, 1.54) is 0 Å². The zero-order valence-electron chi connectivity index (χ0n) is 11.3. The summed E-state index contributed by atoms with van der Waals surface area (Å²) in [5.74, 6) is -0.0193. The fourth-order valence-corrected chi connectivity index (χ4v) is 2.69. The Morgan fingerprint density at radius 1 is 1.42 bits per heavy atom. The molecule has 1 atom stereocenters. The van der Waals surface area contributed by atoms with Crippen LogP contribution in [-0.4, -0.2) is 25.0 Å². The summed E-state index contributed by atoms with van der Waals surface area (Å²) < 4.78 is 0. The van der Waals surface area contributed by atoms with Gasteiger partial charge in [0.25, 0.3) is 0 Å². The Morgan fingerprint density at radius 3 is 2.58 bits per heavy atom. The lowest BCUT2D eigenvalue weighted by molar-refractivity contribution is -0.122. The fraction of sp³-hybridized carbons (Fsp3) is 0.467. The molecule has 4 heteroatoms. The van der Waals surface area contributed by atoms with Gasteiger partial charge in [0.1, 0.15) is 0 Å². The van der Waals surface area contributed by atoms with Gasteiger partial charge in [-0.25, -0.2) is 0 Å². The first kappa shape index (κ1) is 13.6. The molecule has 1 aromatic rings. The molecule has 1 unspecified atom stereocenters. The van der Waals surface area contributed by atoms with Crippen LogP contribution in [0.2, 0.25) is 0 Å². The molecule has 1 fully saturated rings. The first-order valence-electron chi connectivity index (χ1n) is 6.56. The van der Waals surface area contributed by atoms with Crippen LogP contribution in [0.3, 0.4) is 0 Å². The van der Waals surface area contributed by atoms with E-state index in [1.54, 1.807) is 7.05 Å². The molecule has 0 bridgehead atoms. The normalized spacial score (nSPS) is 26.9. The smallest absolute Gasteiger partial charge is 0.236 e. The number of nitriles is 1. The van der Waals surface area contributed by atoms with Crippen LogP contribution in [0.4, 0.5) is 0 Å². The highest BCUT2D eigenvalue weighted by atomic mass is 16.2. The quantitative estimate of drug-likeness (QED) is 0.855. The molecular weight excluding hydrogens is 238 g/mol. The van der Waals surface area contributed by atoms with Gasteiger partial charge in [-0.1, -0.05) is 30.3 Å². The first-order chi connectivity index (χ1) is 9.11. The summed E-state index contributed by atoms with van der Waals surface area (Å²) in [4.78, 5) is 11.4. The molecule has 4 nitrogen and oxygen atoms in total. The molecule has 0 radical (unpaired) electrons. The molecule has 1 amide bonds. The van der Waals surface area contributed by atoms with E-state index in [9.17, 15) is 10.1 Å². The highest BCUT2D eigenvalue weighted by molar-refractivity contribution is 5.81. The van der Waals surface area contributed by atoms with Crippen LogP contribution in [0, 0.1) is 11.3 Å². The molecule has 1 aliphatic rings. The van der Waals surface area contributed by atoms with Crippen LogP contribution in [0.5, 0.6) is 0 Å². The molecular formula is C15H19N3O. The van der Waals surface area contributed by atoms with Crippen LogP contribution in [0.15, 0.2) is 30.3 Å². The lowest BCUT2D eigenvalue weighted by atomic mass is 9.62. The Labute approximate surface area is 113 Å². The lowest BCUT2D eigenvalue weighted by Crippen LogP contribution is -2.55. The molecule has 0 aliphatic heterocycles. The van der Waals surface area contributed by atoms with E-state index in [-0.39, 0.29) is 23.4 Å². The van der Waals surface area contributed by atoms with Crippen molar-refractivity contribution in [3.8, 4) is 6.07 Å². The minimum Gasteiger partial charge on any atom is -0.358 e. The molecule has 0 aromatic heterocycles. The van der Waals surface area contributed by atoms with E-state index >= 15 is 0 Å². The SMILES string of the molecule is CNC(=O)C(C)NC1CC(C#N)(c2ccccc2)C1. The van der Waals surface area contributed by atoms with E-state index in [4.69, 9.17) is 0 Å². The number of carbonyl (C=O) groups is 1. The van der Waals surface area contributed by atoms with Gasteiger partial charge in [-0.15, -0.1) is 0 Å². The number of amides is 1. The molecule has 0 heterocycles. The number of carbonyl (C=O) groups excluding carboxylic acids is 1. The van der Waals surface area contributed by atoms with Crippen molar-refractivity contribution in [2.45, 2.75) is 37.3 Å². The van der Waals surface area contributed by atoms with Crippen molar-refractivity contribution in [2.24, 2.45) is 0 Å². The van der Waals surface area contributed by atoms with Crippen molar-refractivity contribution in [1.82, 2.24) is 10.6 Å². The van der Waals surface area contributed by atoms with Gasteiger partial charge >= 0.3 is 0 Å². The van der Waals surface area contributed by atoms with E-state index < -0.39 is 0 Å². The fourth-order valence-electron chi connectivity index (χ4n) is 2.69. The van der Waals surface area contributed by atoms with Crippen molar-refractivity contribution >= 4 is 5.91 Å². The lowest BCUT2D eigenvalue weighted by Gasteiger charge is -2.44. The second-order valence-electron chi connectivity index (χ2n) is 5.17. The van der Waals surface area contributed by atoms with Gasteiger partial charge in [-0.2, -0.15) is 5.26 Å². The second kappa shape index (κ2) is 5.41. The number of hydrogen-bond donors (Lipinski definition) is 2. The largest absolute Gasteiger partial charge is 0.358 e. The molecule has 19 heavy (non-hydrogen) atoms. The Kier molecular flexibility index (Phi) is 3.87. The molecule has 1 aromatic carbocycles. The number of benzene rings is 1. The predicted molar refractivity (Wildman–Crippen MR) is 73.4 cm³/mol. The topological polar surface area (TPSA) is 64.9 Å². The summed E-state index contributed by atoms with van der Waals surface area (Å²) in [7, 11) is 1.63. The van der Waals surface area contributed by atoms with Crippen LogP contribution in [0.25, 0.3) is 0 Å². The second-order valence-corrected chi connectivity index (χ2v) is 5.17. The summed E-state index contributed by atoms with van der Waals surface area (Å²) in [5, 5.41) is 15.3. The van der Waals surface area contributed by atoms with Gasteiger partial charge in [0, 0.05) is 13.1 Å². The predicted octanol–water partition coefficient (Wildman–Crippen LogP) is 1.33. The molecule has 0 saturated heterocycles. The van der Waals surface area contributed by atoms with E-state index in [1.807, 2.05) is 37.3 Å². The van der Waals surface area contributed by atoms with E-state index in [0.717, 1.165) is 18.4 Å². The summed E-state index contributed by atoms with van der Waals surface area (Å²) in [6.07, 6.45) is 1.52. The third kappa shape index (κ3) is 2.61. The summed E-state index contributed by atoms with van der Waals surface area (Å²) in [6, 6.07) is 12.3. The minimum absolute atomic E-state index is 0.0193. The number of nitrogens with one attached hydrogen (secondary N) is 2. The highest BCUT2D eigenvalue weighted by Crippen LogP contribution is 2.43. The number of hydrogen-bond acceptors (Lipinski definition) is 3. The van der Waals surface area contributed by atoms with Gasteiger partial charge in [0.15, 0.2) is 0 Å². The molecule has 100 valence electrons. The van der Waals surface area contributed by atoms with Gasteiger partial charge in [-0.3, -0.25) is 4.79 Å². The molecule has 2 N–H and O–H groups in total. The average molecular weight is 257 g/mol. The van der Waals surface area contributed by atoms with Gasteiger partial charge in [0.2, 0.25) is 5.91 Å². The van der Waals surface area contributed by atoms with Crippen molar-refractivity contribution in [3.05, 3.63) is 35.9 Å². The maximum atomic E-state index is 11.4. The number of nitrogens with zero attached hydrogens (tertiary/aromatic N) is 1. The van der Waals surface area contributed by atoms with Crippen molar-refractivity contribution in [1.29, 1.82) is 5.26 Å². The monoisotopic (exact) mass is 257 g/mol. The average Bonchev–Trinajstić information content (AvgIpc) is 2.42. The minimum atomic E-state index is -0.388. The van der Waals surface area contributed by atoms with Crippen molar-refractivity contribution < 1.29 is 4.79 Å². The molecule has 1 aliphatic carbocycles. The molecule has 1 saturated carbocycles. The Morgan fingerprint density at radius 2 is 2.05 bits per heavy atom. The first-order valence-corrected chi connectivity index (χ1v) is 6.56. The van der Waals surface area contributed by atoms with Crippen molar-refractivity contribution in [3.63, 3.8) is 0 Å². The number of likely N-dealkylation sites (N-methyl/N-ethyl adjacent to an activating group) is 1. The summed E-state index contributed by atoms with van der Waals surface area (Å²) >= 11 is 0. The third-order valence-electron chi connectivity index (χ3n) is 3.86. The Balaban J connectivity index is 1.97. The van der Waals surface area contributed by atoms with E-state index in [2.05, 4.69) is 16.7 Å². The Bertz CT molecular complexity index is 486. The van der Waals surface area contributed by atoms with Crippen molar-refractivity contribution in [2.75, 3.05) is 7.05 Å². The van der Waals surface area contributed by atoms with Gasteiger partial charge < -0.3 is 10.6 Å². The van der Waals surface area contributed by atoms with Crippen LogP contribution < -0.4 is 10.6 Å². The maximum absolute atomic E-state index is 11.4. The van der Waals surface area contributed by atoms with Crippen LogP contribution >= 0.6 is 0 Å². The Hall–Kier alpha value is -1.86.